The van der Waals surface area contributed by atoms with E-state index >= 15 is 0 Å². The van der Waals surface area contributed by atoms with Crippen LogP contribution in [0.3, 0.4) is 0 Å². The van der Waals surface area contributed by atoms with Crippen molar-refractivity contribution in [3.05, 3.63) is 40.7 Å². The molecule has 0 bridgehead atoms. The van der Waals surface area contributed by atoms with Crippen molar-refractivity contribution >= 4 is 17.4 Å². The summed E-state index contributed by atoms with van der Waals surface area (Å²) in [5.41, 5.74) is 3.61. The smallest absolute Gasteiger partial charge is 0.224 e. The molecule has 20 heavy (non-hydrogen) atoms. The summed E-state index contributed by atoms with van der Waals surface area (Å²) in [6.45, 7) is 1.97. The molecule has 1 aromatic heterocycles. The Kier molecular flexibility index (Phi) is 3.46. The number of hydrazine groups is 1. The van der Waals surface area contributed by atoms with Gasteiger partial charge in [0, 0.05) is 12.0 Å². The molecule has 1 saturated carbocycles. The van der Waals surface area contributed by atoms with Gasteiger partial charge in [0.15, 0.2) is 0 Å². The van der Waals surface area contributed by atoms with Crippen LogP contribution in [-0.2, 0) is 0 Å². The molecule has 0 atom stereocenters. The molecule has 5 nitrogen and oxygen atoms in total. The maximum atomic E-state index is 6.16. The van der Waals surface area contributed by atoms with Gasteiger partial charge in [0.2, 0.25) is 5.88 Å². The van der Waals surface area contributed by atoms with Crippen molar-refractivity contribution in [1.29, 1.82) is 0 Å². The van der Waals surface area contributed by atoms with Crippen LogP contribution in [0.15, 0.2) is 24.3 Å². The summed E-state index contributed by atoms with van der Waals surface area (Å²) in [5, 5.41) is 0.554. The second kappa shape index (κ2) is 5.26. The van der Waals surface area contributed by atoms with E-state index < -0.39 is 0 Å². The van der Waals surface area contributed by atoms with E-state index in [1.807, 2.05) is 25.1 Å². The molecule has 0 unspecified atom stereocenters. The quantitative estimate of drug-likeness (QED) is 0.667. The first-order valence-electron chi connectivity index (χ1n) is 6.45. The van der Waals surface area contributed by atoms with Gasteiger partial charge in [0.1, 0.15) is 17.4 Å². The minimum atomic E-state index is 0.416. The zero-order valence-electron chi connectivity index (χ0n) is 11.1. The van der Waals surface area contributed by atoms with Crippen molar-refractivity contribution < 1.29 is 4.74 Å². The van der Waals surface area contributed by atoms with E-state index in [-0.39, 0.29) is 0 Å². The number of anilines is 1. The average Bonchev–Trinajstić information content (AvgIpc) is 3.26. The summed E-state index contributed by atoms with van der Waals surface area (Å²) >= 11 is 6.16. The fraction of sp³-hybridized carbons (Fsp3) is 0.286. The van der Waals surface area contributed by atoms with E-state index in [9.17, 15) is 0 Å². The lowest BCUT2D eigenvalue weighted by molar-refractivity contribution is 0.459. The second-order valence-corrected chi connectivity index (χ2v) is 5.31. The minimum absolute atomic E-state index is 0.416. The molecule has 1 fully saturated rings. The molecule has 3 N–H and O–H groups in total. The first-order chi connectivity index (χ1) is 9.65. The van der Waals surface area contributed by atoms with Crippen LogP contribution in [0.5, 0.6) is 11.6 Å². The molecule has 0 amide bonds. The lowest BCUT2D eigenvalue weighted by atomic mass is 10.2. The van der Waals surface area contributed by atoms with Crippen LogP contribution in [0, 0.1) is 6.92 Å². The summed E-state index contributed by atoms with van der Waals surface area (Å²) in [4.78, 5) is 8.75. The van der Waals surface area contributed by atoms with Crippen LogP contribution in [-0.4, -0.2) is 9.97 Å². The number of nitrogens with two attached hydrogens (primary N) is 1. The molecule has 0 saturated heterocycles. The highest BCUT2D eigenvalue weighted by atomic mass is 35.5. The van der Waals surface area contributed by atoms with Gasteiger partial charge >= 0.3 is 0 Å². The first-order valence-corrected chi connectivity index (χ1v) is 6.83. The lowest BCUT2D eigenvalue weighted by Crippen LogP contribution is -2.10. The number of benzene rings is 1. The van der Waals surface area contributed by atoms with Crippen LogP contribution in [0.2, 0.25) is 5.02 Å². The van der Waals surface area contributed by atoms with E-state index in [2.05, 4.69) is 15.4 Å². The van der Waals surface area contributed by atoms with E-state index in [1.54, 1.807) is 6.07 Å². The number of hydrogen-bond acceptors (Lipinski definition) is 5. The summed E-state index contributed by atoms with van der Waals surface area (Å²) in [7, 11) is 0. The fourth-order valence-corrected chi connectivity index (χ4v) is 2.17. The SMILES string of the molecule is Cc1ccc(Oc2cc(NN)nc(C3CC3)n2)c(Cl)c1. The van der Waals surface area contributed by atoms with Gasteiger partial charge in [-0.15, -0.1) is 0 Å². The number of halogens is 1. The van der Waals surface area contributed by atoms with E-state index in [0.717, 1.165) is 24.2 Å². The molecule has 6 heteroatoms. The normalized spacial score (nSPS) is 14.2. The van der Waals surface area contributed by atoms with Crippen molar-refractivity contribution in [3.8, 4) is 11.6 Å². The van der Waals surface area contributed by atoms with Gasteiger partial charge in [0.25, 0.3) is 0 Å². The molecule has 1 aliphatic rings. The first kappa shape index (κ1) is 13.1. The second-order valence-electron chi connectivity index (χ2n) is 4.90. The number of ether oxygens (including phenoxy) is 1. The van der Waals surface area contributed by atoms with Crippen LogP contribution in [0.4, 0.5) is 5.82 Å². The van der Waals surface area contributed by atoms with Gasteiger partial charge in [-0.2, -0.15) is 4.98 Å². The van der Waals surface area contributed by atoms with Crippen LogP contribution in [0.25, 0.3) is 0 Å². The zero-order chi connectivity index (χ0) is 14.1. The Morgan fingerprint density at radius 2 is 2.10 bits per heavy atom. The van der Waals surface area contributed by atoms with Gasteiger partial charge in [-0.05, 0) is 37.5 Å². The van der Waals surface area contributed by atoms with Gasteiger partial charge < -0.3 is 10.2 Å². The Morgan fingerprint density at radius 3 is 2.75 bits per heavy atom. The summed E-state index contributed by atoms with van der Waals surface area (Å²) in [6, 6.07) is 7.27. The highest BCUT2D eigenvalue weighted by Crippen LogP contribution is 2.39. The lowest BCUT2D eigenvalue weighted by Gasteiger charge is -2.10. The molecule has 0 aliphatic heterocycles. The Balaban J connectivity index is 1.91. The Labute approximate surface area is 122 Å². The number of aromatic nitrogens is 2. The molecule has 0 spiro atoms. The fourth-order valence-electron chi connectivity index (χ4n) is 1.89. The Hall–Kier alpha value is -1.85. The van der Waals surface area contributed by atoms with Gasteiger partial charge in [-0.1, -0.05) is 17.7 Å². The topological polar surface area (TPSA) is 73.1 Å². The number of nitrogens with one attached hydrogen (secondary N) is 1. The van der Waals surface area contributed by atoms with Gasteiger partial charge in [-0.25, -0.2) is 10.8 Å². The predicted octanol–water partition coefficient (Wildman–Crippen LogP) is 3.39. The third-order valence-electron chi connectivity index (χ3n) is 3.11. The monoisotopic (exact) mass is 290 g/mol. The Morgan fingerprint density at radius 1 is 1.30 bits per heavy atom. The number of nitrogens with zero attached hydrogens (tertiary/aromatic N) is 2. The van der Waals surface area contributed by atoms with Crippen molar-refractivity contribution in [1.82, 2.24) is 9.97 Å². The van der Waals surface area contributed by atoms with Crippen molar-refractivity contribution in [3.63, 3.8) is 0 Å². The number of aryl methyl sites for hydroxylation is 1. The summed E-state index contributed by atoms with van der Waals surface area (Å²) < 4.78 is 5.75. The third-order valence-corrected chi connectivity index (χ3v) is 3.41. The molecule has 0 radical (unpaired) electrons. The standard InChI is InChI=1S/C14H15ClN4O/c1-8-2-5-11(10(15)6-8)20-13-7-12(19-16)17-14(18-13)9-3-4-9/h2,5-7,9H,3-4,16H2,1H3,(H,17,18,19). The number of nitrogen functional groups attached to an aromatic ring is 1. The van der Waals surface area contributed by atoms with Gasteiger partial charge in [-0.3, -0.25) is 0 Å². The minimum Gasteiger partial charge on any atom is -0.437 e. The molecule has 1 aliphatic carbocycles. The van der Waals surface area contributed by atoms with Gasteiger partial charge in [0.05, 0.1) is 5.02 Å². The third kappa shape index (κ3) is 2.84. The maximum Gasteiger partial charge on any atom is 0.224 e. The maximum absolute atomic E-state index is 6.16. The Bertz CT molecular complexity index is 643. The van der Waals surface area contributed by atoms with Crippen LogP contribution >= 0.6 is 11.6 Å². The van der Waals surface area contributed by atoms with Crippen molar-refractivity contribution in [2.75, 3.05) is 5.43 Å². The summed E-state index contributed by atoms with van der Waals surface area (Å²) in [5.74, 6) is 8.16. The molecule has 1 heterocycles. The van der Waals surface area contributed by atoms with Crippen LogP contribution in [0.1, 0.15) is 30.1 Å². The molecular weight excluding hydrogens is 276 g/mol. The molecule has 3 rings (SSSR count). The van der Waals surface area contributed by atoms with E-state index in [0.29, 0.717) is 28.4 Å². The van der Waals surface area contributed by atoms with E-state index in [1.165, 1.54) is 0 Å². The average molecular weight is 291 g/mol. The largest absolute Gasteiger partial charge is 0.437 e. The van der Waals surface area contributed by atoms with Crippen LogP contribution < -0.4 is 16.0 Å². The van der Waals surface area contributed by atoms with E-state index in [4.69, 9.17) is 22.2 Å². The van der Waals surface area contributed by atoms with Crippen molar-refractivity contribution in [2.24, 2.45) is 5.84 Å². The number of rotatable bonds is 4. The molecular formula is C14H15ClN4O. The highest BCUT2D eigenvalue weighted by Gasteiger charge is 2.27. The molecule has 104 valence electrons. The zero-order valence-corrected chi connectivity index (χ0v) is 11.8. The molecule has 1 aromatic carbocycles. The summed E-state index contributed by atoms with van der Waals surface area (Å²) in [6.07, 6.45) is 2.22. The number of hydrogen-bond donors (Lipinski definition) is 2. The molecule has 2 aromatic rings. The predicted molar refractivity (Wildman–Crippen MR) is 78.1 cm³/mol. The van der Waals surface area contributed by atoms with Crippen molar-refractivity contribution in [2.45, 2.75) is 25.7 Å². The highest BCUT2D eigenvalue weighted by molar-refractivity contribution is 6.32.